The first-order chi connectivity index (χ1) is 8.86. The van der Waals surface area contributed by atoms with E-state index in [9.17, 15) is 0 Å². The van der Waals surface area contributed by atoms with Crippen LogP contribution in [0.15, 0.2) is 0 Å². The Morgan fingerprint density at radius 2 is 2.11 bits per heavy atom. The van der Waals surface area contributed by atoms with Crippen molar-refractivity contribution < 1.29 is 9.47 Å². The molecule has 0 aromatic carbocycles. The third-order valence-corrected chi connectivity index (χ3v) is 4.71. The van der Waals surface area contributed by atoms with Gasteiger partial charge in [0, 0.05) is 25.9 Å². The van der Waals surface area contributed by atoms with Gasteiger partial charge in [-0.05, 0) is 63.8 Å². The van der Waals surface area contributed by atoms with Crippen molar-refractivity contribution in [3.63, 3.8) is 0 Å². The van der Waals surface area contributed by atoms with Gasteiger partial charge in [0.15, 0.2) is 0 Å². The maximum absolute atomic E-state index is 5.95. The Morgan fingerprint density at radius 3 is 2.83 bits per heavy atom. The van der Waals surface area contributed by atoms with Crippen LogP contribution >= 0.6 is 0 Å². The first-order valence-corrected chi connectivity index (χ1v) is 7.81. The maximum atomic E-state index is 5.95. The van der Waals surface area contributed by atoms with Crippen LogP contribution in [0.3, 0.4) is 0 Å². The van der Waals surface area contributed by atoms with Gasteiger partial charge >= 0.3 is 0 Å². The summed E-state index contributed by atoms with van der Waals surface area (Å²) in [4.78, 5) is 0. The van der Waals surface area contributed by atoms with Crippen molar-refractivity contribution in [1.82, 2.24) is 5.32 Å². The van der Waals surface area contributed by atoms with Gasteiger partial charge in [-0.3, -0.25) is 0 Å². The van der Waals surface area contributed by atoms with Crippen molar-refractivity contribution in [3.05, 3.63) is 0 Å². The van der Waals surface area contributed by atoms with Crippen molar-refractivity contribution in [2.24, 2.45) is 5.92 Å². The molecule has 0 radical (unpaired) electrons. The Labute approximate surface area is 111 Å². The van der Waals surface area contributed by atoms with Gasteiger partial charge in [0.2, 0.25) is 0 Å². The summed E-state index contributed by atoms with van der Waals surface area (Å²) in [5.74, 6) is 0.895. The first kappa shape index (κ1) is 12.9. The van der Waals surface area contributed by atoms with E-state index >= 15 is 0 Å². The summed E-state index contributed by atoms with van der Waals surface area (Å²) < 4.78 is 11.6. The van der Waals surface area contributed by atoms with Crippen LogP contribution in [0, 0.1) is 5.92 Å². The van der Waals surface area contributed by atoms with E-state index < -0.39 is 0 Å². The molecule has 3 aliphatic rings. The van der Waals surface area contributed by atoms with Gasteiger partial charge in [-0.2, -0.15) is 0 Å². The zero-order valence-corrected chi connectivity index (χ0v) is 11.5. The molecule has 0 aromatic heterocycles. The average Bonchev–Trinajstić information content (AvgIpc) is 3.16. The zero-order chi connectivity index (χ0) is 12.3. The summed E-state index contributed by atoms with van der Waals surface area (Å²) in [6, 6.07) is 0.683. The largest absolute Gasteiger partial charge is 0.381 e. The lowest BCUT2D eigenvalue weighted by Crippen LogP contribution is -2.51. The number of nitrogens with one attached hydrogen (secondary N) is 1. The van der Waals surface area contributed by atoms with Crippen LogP contribution in [0.2, 0.25) is 0 Å². The third-order valence-electron chi connectivity index (χ3n) is 4.71. The monoisotopic (exact) mass is 253 g/mol. The second kappa shape index (κ2) is 5.89. The van der Waals surface area contributed by atoms with Crippen molar-refractivity contribution >= 4 is 0 Å². The fourth-order valence-corrected chi connectivity index (χ4v) is 3.14. The van der Waals surface area contributed by atoms with Crippen molar-refractivity contribution in [1.29, 1.82) is 0 Å². The molecule has 1 unspecified atom stereocenters. The van der Waals surface area contributed by atoms with Crippen molar-refractivity contribution in [3.8, 4) is 0 Å². The van der Waals surface area contributed by atoms with E-state index in [1.54, 1.807) is 0 Å². The molecule has 1 aliphatic heterocycles. The smallest absolute Gasteiger partial charge is 0.0697 e. The minimum Gasteiger partial charge on any atom is -0.381 e. The van der Waals surface area contributed by atoms with Gasteiger partial charge in [-0.25, -0.2) is 0 Å². The topological polar surface area (TPSA) is 30.5 Å². The van der Waals surface area contributed by atoms with Crippen LogP contribution in [-0.4, -0.2) is 38.0 Å². The molecule has 3 nitrogen and oxygen atoms in total. The molecule has 3 fully saturated rings. The van der Waals surface area contributed by atoms with Crippen LogP contribution < -0.4 is 5.32 Å². The molecule has 0 aromatic rings. The van der Waals surface area contributed by atoms with Crippen molar-refractivity contribution in [2.45, 2.75) is 63.0 Å². The van der Waals surface area contributed by atoms with Gasteiger partial charge in [-0.15, -0.1) is 0 Å². The van der Waals surface area contributed by atoms with E-state index in [2.05, 4.69) is 5.32 Å². The van der Waals surface area contributed by atoms with E-state index in [0.29, 0.717) is 6.04 Å². The highest BCUT2D eigenvalue weighted by Gasteiger charge is 2.42. The average molecular weight is 253 g/mol. The molecular formula is C15H27NO2. The molecule has 2 saturated carbocycles. The van der Waals surface area contributed by atoms with Gasteiger partial charge in [0.05, 0.1) is 5.60 Å². The predicted octanol–water partition coefficient (Wildman–Crippen LogP) is 2.49. The van der Waals surface area contributed by atoms with Crippen LogP contribution in [0.1, 0.15) is 51.4 Å². The SMILES string of the molecule is C(CNC1CCOC2(CCC2)C1)COCC1CC1. The van der Waals surface area contributed by atoms with Gasteiger partial charge in [0.25, 0.3) is 0 Å². The van der Waals surface area contributed by atoms with E-state index in [1.165, 1.54) is 44.9 Å². The summed E-state index contributed by atoms with van der Waals surface area (Å²) >= 11 is 0. The summed E-state index contributed by atoms with van der Waals surface area (Å²) in [7, 11) is 0. The Balaban J connectivity index is 1.23. The molecule has 1 N–H and O–H groups in total. The number of hydrogen-bond donors (Lipinski definition) is 1. The minimum atomic E-state index is 0.276. The zero-order valence-electron chi connectivity index (χ0n) is 11.5. The molecule has 1 spiro atoms. The number of ether oxygens (including phenoxy) is 2. The molecule has 0 amide bonds. The molecule has 104 valence electrons. The quantitative estimate of drug-likeness (QED) is 0.707. The van der Waals surface area contributed by atoms with Crippen LogP contribution in [0.25, 0.3) is 0 Å². The number of hydrogen-bond acceptors (Lipinski definition) is 3. The lowest BCUT2D eigenvalue weighted by atomic mass is 9.74. The molecule has 1 atom stereocenters. The molecule has 3 heteroatoms. The fourth-order valence-electron chi connectivity index (χ4n) is 3.14. The van der Waals surface area contributed by atoms with E-state index in [-0.39, 0.29) is 5.60 Å². The molecular weight excluding hydrogens is 226 g/mol. The Morgan fingerprint density at radius 1 is 1.22 bits per heavy atom. The molecule has 1 saturated heterocycles. The molecule has 3 rings (SSSR count). The highest BCUT2D eigenvalue weighted by atomic mass is 16.5. The van der Waals surface area contributed by atoms with E-state index in [0.717, 1.165) is 38.7 Å². The lowest BCUT2D eigenvalue weighted by molar-refractivity contribution is -0.135. The standard InChI is InChI=1S/C15H27NO2/c1-6-15(7-1)11-14(5-10-18-15)16-8-2-9-17-12-13-3-4-13/h13-14,16H,1-12H2. The predicted molar refractivity (Wildman–Crippen MR) is 71.7 cm³/mol. The Bertz CT molecular complexity index is 261. The summed E-state index contributed by atoms with van der Waals surface area (Å²) in [6.45, 7) is 3.99. The maximum Gasteiger partial charge on any atom is 0.0697 e. The molecule has 1 heterocycles. The second-order valence-electron chi connectivity index (χ2n) is 6.40. The highest BCUT2D eigenvalue weighted by molar-refractivity contribution is 4.95. The molecule has 18 heavy (non-hydrogen) atoms. The Kier molecular flexibility index (Phi) is 4.22. The van der Waals surface area contributed by atoms with Gasteiger partial charge in [-0.1, -0.05) is 0 Å². The lowest BCUT2D eigenvalue weighted by Gasteiger charge is -2.47. The molecule has 0 bridgehead atoms. The Hall–Kier alpha value is -0.120. The summed E-state index contributed by atoms with van der Waals surface area (Å²) in [5, 5.41) is 3.69. The highest BCUT2D eigenvalue weighted by Crippen LogP contribution is 2.42. The third kappa shape index (κ3) is 3.46. The normalized spacial score (nSPS) is 30.3. The number of rotatable bonds is 7. The van der Waals surface area contributed by atoms with Crippen LogP contribution in [0.5, 0.6) is 0 Å². The van der Waals surface area contributed by atoms with E-state index in [4.69, 9.17) is 9.47 Å². The van der Waals surface area contributed by atoms with Crippen LogP contribution in [0.4, 0.5) is 0 Å². The van der Waals surface area contributed by atoms with Crippen molar-refractivity contribution in [2.75, 3.05) is 26.4 Å². The summed E-state index contributed by atoms with van der Waals surface area (Å²) in [6.07, 6.45) is 10.3. The minimum absolute atomic E-state index is 0.276. The first-order valence-electron chi connectivity index (χ1n) is 7.81. The fraction of sp³-hybridized carbons (Fsp3) is 1.00. The molecule has 2 aliphatic carbocycles. The van der Waals surface area contributed by atoms with Crippen LogP contribution in [-0.2, 0) is 9.47 Å². The summed E-state index contributed by atoms with van der Waals surface area (Å²) in [5.41, 5.74) is 0.276. The second-order valence-corrected chi connectivity index (χ2v) is 6.40. The van der Waals surface area contributed by atoms with Gasteiger partial charge in [0.1, 0.15) is 0 Å². The van der Waals surface area contributed by atoms with Gasteiger partial charge < -0.3 is 14.8 Å². The van der Waals surface area contributed by atoms with E-state index in [1.807, 2.05) is 0 Å².